The lowest BCUT2D eigenvalue weighted by atomic mass is 10.3. The zero-order valence-electron chi connectivity index (χ0n) is 7.27. The van der Waals surface area contributed by atoms with E-state index in [-0.39, 0.29) is 0 Å². The van der Waals surface area contributed by atoms with Crippen molar-refractivity contribution in [3.63, 3.8) is 0 Å². The highest BCUT2D eigenvalue weighted by molar-refractivity contribution is 5.84. The molecule has 1 N–H and O–H groups in total. The van der Waals surface area contributed by atoms with Gasteiger partial charge in [0.2, 0.25) is 0 Å². The number of rotatable bonds is 3. The van der Waals surface area contributed by atoms with Crippen LogP contribution in [-0.2, 0) is 11.2 Å². The maximum atomic E-state index is 10.2. The molecular formula is C9H10N2O2. The molecule has 0 spiro atoms. The molecule has 0 amide bonds. The Balaban J connectivity index is 2.83. The van der Waals surface area contributed by atoms with Gasteiger partial charge >= 0.3 is 5.97 Å². The average Bonchev–Trinajstić information content (AvgIpc) is 2.15. The van der Waals surface area contributed by atoms with E-state index >= 15 is 0 Å². The normalized spacial score (nSPS) is 10.5. The van der Waals surface area contributed by atoms with E-state index in [9.17, 15) is 4.79 Å². The van der Waals surface area contributed by atoms with Gasteiger partial charge < -0.3 is 5.11 Å². The van der Waals surface area contributed by atoms with Gasteiger partial charge in [0.05, 0.1) is 5.69 Å². The summed E-state index contributed by atoms with van der Waals surface area (Å²) in [7, 11) is 0. The summed E-state index contributed by atoms with van der Waals surface area (Å²) in [6.07, 6.45) is 4.87. The van der Waals surface area contributed by atoms with Crippen molar-refractivity contribution in [1.82, 2.24) is 9.97 Å². The van der Waals surface area contributed by atoms with Crippen LogP contribution in [0.15, 0.2) is 18.3 Å². The number of aliphatic carboxylic acids is 1. The summed E-state index contributed by atoms with van der Waals surface area (Å²) in [5.74, 6) is -0.260. The van der Waals surface area contributed by atoms with E-state index in [1.807, 2.05) is 6.92 Å². The lowest BCUT2D eigenvalue weighted by Gasteiger charge is -1.95. The SMILES string of the molecule is CCc1nccc(C=CC(=O)O)n1. The molecule has 0 unspecified atom stereocenters. The third kappa shape index (κ3) is 3.02. The van der Waals surface area contributed by atoms with Crippen LogP contribution in [0, 0.1) is 0 Å². The van der Waals surface area contributed by atoms with Gasteiger partial charge in [0.25, 0.3) is 0 Å². The van der Waals surface area contributed by atoms with E-state index in [1.165, 1.54) is 6.08 Å². The average molecular weight is 178 g/mol. The first-order valence-corrected chi connectivity index (χ1v) is 3.95. The van der Waals surface area contributed by atoms with Gasteiger partial charge in [-0.05, 0) is 12.1 Å². The van der Waals surface area contributed by atoms with Crippen LogP contribution in [0.1, 0.15) is 18.4 Å². The molecule has 4 heteroatoms. The van der Waals surface area contributed by atoms with Crippen molar-refractivity contribution in [1.29, 1.82) is 0 Å². The predicted molar refractivity (Wildman–Crippen MR) is 48.1 cm³/mol. The van der Waals surface area contributed by atoms with Crippen LogP contribution in [-0.4, -0.2) is 21.0 Å². The van der Waals surface area contributed by atoms with Gasteiger partial charge in [0.1, 0.15) is 5.82 Å². The summed E-state index contributed by atoms with van der Waals surface area (Å²) >= 11 is 0. The Morgan fingerprint density at radius 1 is 1.69 bits per heavy atom. The van der Waals surface area contributed by atoms with Gasteiger partial charge in [-0.1, -0.05) is 6.92 Å². The van der Waals surface area contributed by atoms with Crippen LogP contribution in [0.3, 0.4) is 0 Å². The van der Waals surface area contributed by atoms with Crippen LogP contribution in [0.4, 0.5) is 0 Å². The maximum absolute atomic E-state index is 10.2. The van der Waals surface area contributed by atoms with E-state index in [0.717, 1.165) is 12.5 Å². The Morgan fingerprint density at radius 2 is 2.46 bits per heavy atom. The molecule has 0 atom stereocenters. The summed E-state index contributed by atoms with van der Waals surface area (Å²) in [5, 5.41) is 8.37. The monoisotopic (exact) mass is 178 g/mol. The van der Waals surface area contributed by atoms with Crippen molar-refractivity contribution in [2.45, 2.75) is 13.3 Å². The molecule has 0 aliphatic carbocycles. The van der Waals surface area contributed by atoms with E-state index in [0.29, 0.717) is 11.5 Å². The predicted octanol–water partition coefficient (Wildman–Crippen LogP) is 1.14. The second kappa shape index (κ2) is 4.35. The quantitative estimate of drug-likeness (QED) is 0.705. The third-order valence-electron chi connectivity index (χ3n) is 1.44. The van der Waals surface area contributed by atoms with E-state index < -0.39 is 5.97 Å². The summed E-state index contributed by atoms with van der Waals surface area (Å²) in [6, 6.07) is 1.67. The van der Waals surface area contributed by atoms with Crippen molar-refractivity contribution in [2.24, 2.45) is 0 Å². The highest BCUT2D eigenvalue weighted by Gasteiger charge is 1.94. The van der Waals surface area contributed by atoms with Crippen molar-refractivity contribution in [3.8, 4) is 0 Å². The zero-order valence-corrected chi connectivity index (χ0v) is 7.27. The largest absolute Gasteiger partial charge is 0.478 e. The Bertz CT molecular complexity index is 334. The fourth-order valence-electron chi connectivity index (χ4n) is 0.835. The van der Waals surface area contributed by atoms with Crippen LogP contribution < -0.4 is 0 Å². The highest BCUT2D eigenvalue weighted by Crippen LogP contribution is 1.98. The van der Waals surface area contributed by atoms with Gasteiger partial charge in [0.15, 0.2) is 0 Å². The second-order valence-electron chi connectivity index (χ2n) is 2.42. The number of hydrogen-bond acceptors (Lipinski definition) is 3. The fourth-order valence-corrected chi connectivity index (χ4v) is 0.835. The number of carboxylic acids is 1. The number of hydrogen-bond donors (Lipinski definition) is 1. The first-order valence-electron chi connectivity index (χ1n) is 3.95. The first kappa shape index (κ1) is 9.38. The smallest absolute Gasteiger partial charge is 0.328 e. The molecule has 0 aliphatic rings. The van der Waals surface area contributed by atoms with Crippen molar-refractivity contribution in [2.75, 3.05) is 0 Å². The van der Waals surface area contributed by atoms with Gasteiger partial charge in [-0.15, -0.1) is 0 Å². The Labute approximate surface area is 76.0 Å². The van der Waals surface area contributed by atoms with Gasteiger partial charge in [0, 0.05) is 18.7 Å². The molecule has 1 aromatic heterocycles. The fraction of sp³-hybridized carbons (Fsp3) is 0.222. The molecule has 1 aromatic rings. The van der Waals surface area contributed by atoms with Gasteiger partial charge in [-0.3, -0.25) is 0 Å². The van der Waals surface area contributed by atoms with Crippen LogP contribution in [0.2, 0.25) is 0 Å². The standard InChI is InChI=1S/C9H10N2O2/c1-2-8-10-6-5-7(11-8)3-4-9(12)13/h3-6H,2H2,1H3,(H,12,13). The van der Waals surface area contributed by atoms with Gasteiger partial charge in [-0.25, -0.2) is 14.8 Å². The number of aryl methyl sites for hydroxylation is 1. The first-order chi connectivity index (χ1) is 6.22. The molecule has 1 heterocycles. The minimum atomic E-state index is -0.975. The summed E-state index contributed by atoms with van der Waals surface area (Å²) in [5.41, 5.74) is 0.620. The number of aromatic nitrogens is 2. The lowest BCUT2D eigenvalue weighted by molar-refractivity contribution is -0.131. The second-order valence-corrected chi connectivity index (χ2v) is 2.42. The van der Waals surface area contributed by atoms with Gasteiger partial charge in [-0.2, -0.15) is 0 Å². The molecule has 0 saturated heterocycles. The molecule has 1 rings (SSSR count). The molecule has 0 fully saturated rings. The zero-order chi connectivity index (χ0) is 9.68. The van der Waals surface area contributed by atoms with E-state index in [1.54, 1.807) is 12.3 Å². The topological polar surface area (TPSA) is 63.1 Å². The van der Waals surface area contributed by atoms with Crippen molar-refractivity contribution >= 4 is 12.0 Å². The highest BCUT2D eigenvalue weighted by atomic mass is 16.4. The molecule has 0 aromatic carbocycles. The molecule has 0 radical (unpaired) electrons. The Morgan fingerprint density at radius 3 is 3.08 bits per heavy atom. The Kier molecular flexibility index (Phi) is 3.14. The van der Waals surface area contributed by atoms with E-state index in [4.69, 9.17) is 5.11 Å². The number of carbonyl (C=O) groups is 1. The van der Waals surface area contributed by atoms with Crippen molar-refractivity contribution in [3.05, 3.63) is 29.9 Å². The number of carboxylic acid groups (broad SMARTS) is 1. The summed E-state index contributed by atoms with van der Waals surface area (Å²) in [4.78, 5) is 18.3. The molecule has 13 heavy (non-hydrogen) atoms. The van der Waals surface area contributed by atoms with Crippen LogP contribution in [0.5, 0.6) is 0 Å². The molecule has 4 nitrogen and oxygen atoms in total. The molecule has 0 saturated carbocycles. The summed E-state index contributed by atoms with van der Waals surface area (Å²) < 4.78 is 0. The molecule has 0 aliphatic heterocycles. The maximum Gasteiger partial charge on any atom is 0.328 e. The third-order valence-corrected chi connectivity index (χ3v) is 1.44. The van der Waals surface area contributed by atoms with Crippen LogP contribution >= 0.6 is 0 Å². The molecule has 0 bridgehead atoms. The number of nitrogens with zero attached hydrogens (tertiary/aromatic N) is 2. The van der Waals surface area contributed by atoms with Crippen LogP contribution in [0.25, 0.3) is 6.08 Å². The minimum Gasteiger partial charge on any atom is -0.478 e. The minimum absolute atomic E-state index is 0.620. The van der Waals surface area contributed by atoms with Crippen molar-refractivity contribution < 1.29 is 9.90 Å². The Hall–Kier alpha value is -1.71. The van der Waals surface area contributed by atoms with E-state index in [2.05, 4.69) is 9.97 Å². The molecular weight excluding hydrogens is 168 g/mol. The summed E-state index contributed by atoms with van der Waals surface area (Å²) in [6.45, 7) is 1.94. The molecule has 68 valence electrons. The lowest BCUT2D eigenvalue weighted by Crippen LogP contribution is -1.94.